The molecule has 0 aliphatic carbocycles. The molecular formula is C10H14N2O3. The normalized spacial score (nSPS) is 21.1. The highest BCUT2D eigenvalue weighted by atomic mass is 16.2. The van der Waals surface area contributed by atoms with E-state index in [1.807, 2.05) is 0 Å². The molecule has 1 heterocycles. The highest BCUT2D eigenvalue weighted by Gasteiger charge is 2.32. The van der Waals surface area contributed by atoms with Crippen molar-refractivity contribution < 1.29 is 14.4 Å². The predicted molar refractivity (Wildman–Crippen MR) is 53.8 cm³/mol. The molecule has 0 radical (unpaired) electrons. The molecule has 0 bridgehead atoms. The lowest BCUT2D eigenvalue weighted by atomic mass is 10.1. The van der Waals surface area contributed by atoms with Crippen LogP contribution in [0.1, 0.15) is 19.8 Å². The van der Waals surface area contributed by atoms with Gasteiger partial charge in [0.05, 0.1) is 0 Å². The molecule has 1 aliphatic heterocycles. The van der Waals surface area contributed by atoms with Gasteiger partial charge < -0.3 is 4.90 Å². The average Bonchev–Trinajstić information content (AvgIpc) is 2.19. The Balaban J connectivity index is 2.66. The Morgan fingerprint density at radius 1 is 1.67 bits per heavy atom. The minimum atomic E-state index is -0.569. The van der Waals surface area contributed by atoms with Crippen LogP contribution in [0.3, 0.4) is 0 Å². The second kappa shape index (κ2) is 4.72. The van der Waals surface area contributed by atoms with E-state index in [9.17, 15) is 14.4 Å². The number of carbonyl (C=O) groups excluding carboxylic acids is 3. The van der Waals surface area contributed by atoms with E-state index in [4.69, 9.17) is 0 Å². The van der Waals surface area contributed by atoms with Crippen LogP contribution >= 0.6 is 0 Å². The van der Waals surface area contributed by atoms with Crippen LogP contribution in [-0.2, 0) is 14.4 Å². The van der Waals surface area contributed by atoms with Gasteiger partial charge in [0, 0.05) is 6.42 Å². The summed E-state index contributed by atoms with van der Waals surface area (Å²) >= 11 is 0. The molecule has 0 spiro atoms. The van der Waals surface area contributed by atoms with E-state index in [1.54, 1.807) is 13.0 Å². The molecule has 0 aromatic rings. The van der Waals surface area contributed by atoms with E-state index in [0.29, 0.717) is 6.42 Å². The predicted octanol–water partition coefficient (Wildman–Crippen LogP) is -0.174. The van der Waals surface area contributed by atoms with Crippen molar-refractivity contribution in [1.29, 1.82) is 0 Å². The second-order valence-corrected chi connectivity index (χ2v) is 3.44. The average molecular weight is 210 g/mol. The number of nitrogens with one attached hydrogen (secondary N) is 1. The molecule has 1 unspecified atom stereocenters. The van der Waals surface area contributed by atoms with Gasteiger partial charge in [-0.3, -0.25) is 19.7 Å². The van der Waals surface area contributed by atoms with Gasteiger partial charge in [0.2, 0.25) is 17.7 Å². The fraction of sp³-hybridized carbons (Fsp3) is 0.500. The number of imide groups is 1. The van der Waals surface area contributed by atoms with Crippen molar-refractivity contribution in [3.05, 3.63) is 12.7 Å². The molecule has 1 aliphatic rings. The second-order valence-electron chi connectivity index (χ2n) is 3.44. The smallest absolute Gasteiger partial charge is 0.249 e. The molecule has 0 aromatic carbocycles. The maximum absolute atomic E-state index is 11.6. The van der Waals surface area contributed by atoms with E-state index < -0.39 is 17.9 Å². The van der Waals surface area contributed by atoms with E-state index in [2.05, 4.69) is 11.9 Å². The highest BCUT2D eigenvalue weighted by Crippen LogP contribution is 2.08. The maximum atomic E-state index is 11.6. The van der Waals surface area contributed by atoms with Crippen molar-refractivity contribution in [2.75, 3.05) is 6.54 Å². The van der Waals surface area contributed by atoms with Crippen LogP contribution in [0.4, 0.5) is 0 Å². The topological polar surface area (TPSA) is 66.5 Å². The summed E-state index contributed by atoms with van der Waals surface area (Å²) in [7, 11) is 0. The van der Waals surface area contributed by atoms with Crippen LogP contribution in [0.2, 0.25) is 0 Å². The molecule has 1 saturated heterocycles. The number of hydrogen-bond donors (Lipinski definition) is 1. The van der Waals surface area contributed by atoms with Gasteiger partial charge in [-0.05, 0) is 13.3 Å². The number of allylic oxidation sites excluding steroid dienone is 1. The van der Waals surface area contributed by atoms with Gasteiger partial charge in [0.25, 0.3) is 0 Å². The minimum absolute atomic E-state index is 0.0388. The van der Waals surface area contributed by atoms with Gasteiger partial charge in [0.1, 0.15) is 12.6 Å². The molecule has 3 amide bonds. The number of piperazine rings is 1. The number of rotatable bonds is 3. The summed E-state index contributed by atoms with van der Waals surface area (Å²) in [5.74, 6) is -1.03. The third-order valence-corrected chi connectivity index (χ3v) is 2.31. The minimum Gasteiger partial charge on any atom is -0.322 e. The lowest BCUT2D eigenvalue weighted by Gasteiger charge is -2.31. The largest absolute Gasteiger partial charge is 0.322 e. The quantitative estimate of drug-likeness (QED) is 0.519. The van der Waals surface area contributed by atoms with Gasteiger partial charge in [-0.1, -0.05) is 6.08 Å². The summed E-state index contributed by atoms with van der Waals surface area (Å²) in [6.45, 7) is 5.08. The Morgan fingerprint density at radius 3 is 2.93 bits per heavy atom. The Hall–Kier alpha value is -1.65. The zero-order valence-electron chi connectivity index (χ0n) is 8.66. The lowest BCUT2D eigenvalue weighted by molar-refractivity contribution is -0.149. The van der Waals surface area contributed by atoms with Crippen molar-refractivity contribution in [2.24, 2.45) is 0 Å². The molecule has 0 aromatic heterocycles. The fourth-order valence-electron chi connectivity index (χ4n) is 1.39. The molecule has 1 rings (SSSR count). The molecule has 1 N–H and O–H groups in total. The van der Waals surface area contributed by atoms with Crippen LogP contribution in [-0.4, -0.2) is 35.2 Å². The van der Waals surface area contributed by atoms with Crippen molar-refractivity contribution in [3.8, 4) is 0 Å². The van der Waals surface area contributed by atoms with Crippen molar-refractivity contribution >= 4 is 17.7 Å². The Labute approximate surface area is 88.1 Å². The Bertz CT molecular complexity index is 312. The van der Waals surface area contributed by atoms with Gasteiger partial charge in [0.15, 0.2) is 0 Å². The number of hydrogen-bond acceptors (Lipinski definition) is 3. The highest BCUT2D eigenvalue weighted by molar-refractivity contribution is 6.04. The van der Waals surface area contributed by atoms with E-state index >= 15 is 0 Å². The van der Waals surface area contributed by atoms with Gasteiger partial charge in [-0.2, -0.15) is 0 Å². The van der Waals surface area contributed by atoms with E-state index in [1.165, 1.54) is 4.90 Å². The van der Waals surface area contributed by atoms with E-state index in [-0.39, 0.29) is 18.9 Å². The molecule has 1 atom stereocenters. The van der Waals surface area contributed by atoms with Crippen molar-refractivity contribution in [2.45, 2.75) is 25.8 Å². The first-order valence-corrected chi connectivity index (χ1v) is 4.80. The summed E-state index contributed by atoms with van der Waals surface area (Å²) in [5, 5.41) is 2.18. The number of nitrogens with zero attached hydrogens (tertiary/aromatic N) is 1. The summed E-state index contributed by atoms with van der Waals surface area (Å²) in [4.78, 5) is 35.2. The summed E-state index contributed by atoms with van der Waals surface area (Å²) < 4.78 is 0. The standard InChI is InChI=1S/C10H14N2O3/c1-3-4-5-9(14)12-6-8(13)11-10(15)7(12)2/h3,7H,1,4-6H2,2H3,(H,11,13,15). The zero-order valence-corrected chi connectivity index (χ0v) is 8.66. The molecule has 5 nitrogen and oxygen atoms in total. The summed E-state index contributed by atoms with van der Waals surface area (Å²) in [6, 6.07) is -0.569. The SMILES string of the molecule is C=CCCC(=O)N1CC(=O)NC(=O)C1C. The lowest BCUT2D eigenvalue weighted by Crippen LogP contribution is -2.58. The van der Waals surface area contributed by atoms with E-state index in [0.717, 1.165) is 0 Å². The molecule has 1 fully saturated rings. The summed E-state index contributed by atoms with van der Waals surface area (Å²) in [5.41, 5.74) is 0. The Kier molecular flexibility index (Phi) is 3.60. The van der Waals surface area contributed by atoms with Gasteiger partial charge in [-0.25, -0.2) is 0 Å². The first-order valence-electron chi connectivity index (χ1n) is 4.80. The van der Waals surface area contributed by atoms with Crippen LogP contribution in [0.15, 0.2) is 12.7 Å². The first-order chi connectivity index (χ1) is 7.06. The van der Waals surface area contributed by atoms with Crippen LogP contribution in [0.5, 0.6) is 0 Å². The van der Waals surface area contributed by atoms with Crippen molar-refractivity contribution in [1.82, 2.24) is 10.2 Å². The zero-order chi connectivity index (χ0) is 11.4. The maximum Gasteiger partial charge on any atom is 0.249 e. The third kappa shape index (κ3) is 2.65. The van der Waals surface area contributed by atoms with Crippen molar-refractivity contribution in [3.63, 3.8) is 0 Å². The van der Waals surface area contributed by atoms with Crippen LogP contribution in [0.25, 0.3) is 0 Å². The molecule has 15 heavy (non-hydrogen) atoms. The number of carbonyl (C=O) groups is 3. The molecule has 5 heteroatoms. The number of amides is 3. The van der Waals surface area contributed by atoms with Crippen LogP contribution < -0.4 is 5.32 Å². The van der Waals surface area contributed by atoms with Gasteiger partial charge in [-0.15, -0.1) is 6.58 Å². The third-order valence-electron chi connectivity index (χ3n) is 2.31. The Morgan fingerprint density at radius 2 is 2.33 bits per heavy atom. The van der Waals surface area contributed by atoms with Crippen LogP contribution in [0, 0.1) is 0 Å². The van der Waals surface area contributed by atoms with Gasteiger partial charge >= 0.3 is 0 Å². The molecule has 82 valence electrons. The summed E-state index contributed by atoms with van der Waals surface area (Å²) in [6.07, 6.45) is 2.47. The first kappa shape index (κ1) is 11.4. The molecular weight excluding hydrogens is 196 g/mol. The monoisotopic (exact) mass is 210 g/mol. The molecule has 0 saturated carbocycles. The fourth-order valence-corrected chi connectivity index (χ4v) is 1.39.